The Morgan fingerprint density at radius 2 is 2.00 bits per heavy atom. The molecule has 0 aliphatic heterocycles. The lowest BCUT2D eigenvalue weighted by atomic mass is 10.0. The van der Waals surface area contributed by atoms with Gasteiger partial charge in [0.2, 0.25) is 0 Å². The van der Waals surface area contributed by atoms with E-state index in [-0.39, 0.29) is 12.3 Å². The summed E-state index contributed by atoms with van der Waals surface area (Å²) in [6.07, 6.45) is -2.12. The number of carbonyl (C=O) groups excluding carboxylic acids is 1. The Balaban J connectivity index is 1.66. The zero-order valence-corrected chi connectivity index (χ0v) is 15.7. The molecule has 0 N–H and O–H groups in total. The third kappa shape index (κ3) is 4.98. The number of pyridine rings is 2. The number of hydrogen-bond donors (Lipinski definition) is 0. The Labute approximate surface area is 164 Å². The Hall–Kier alpha value is -3.23. The zero-order valence-electron chi connectivity index (χ0n) is 15.7. The van der Waals surface area contributed by atoms with E-state index < -0.39 is 24.3 Å². The summed E-state index contributed by atoms with van der Waals surface area (Å²) in [6.45, 7) is 2.84. The highest BCUT2D eigenvalue weighted by molar-refractivity contribution is 5.94. The van der Waals surface area contributed by atoms with Crippen LogP contribution in [-0.2, 0) is 6.61 Å². The number of carbonyl (C=O) groups is 1. The topological polar surface area (TPSA) is 78.1 Å². The van der Waals surface area contributed by atoms with E-state index in [0.717, 1.165) is 6.92 Å². The molecule has 0 amide bonds. The predicted octanol–water partition coefficient (Wildman–Crippen LogP) is 4.79. The van der Waals surface area contributed by atoms with Crippen molar-refractivity contribution < 1.29 is 27.2 Å². The molecule has 3 rings (SSSR count). The van der Waals surface area contributed by atoms with Crippen molar-refractivity contribution in [2.24, 2.45) is 5.92 Å². The molecule has 0 saturated heterocycles. The number of ketones is 1. The van der Waals surface area contributed by atoms with Crippen LogP contribution in [0.1, 0.15) is 35.2 Å². The summed E-state index contributed by atoms with van der Waals surface area (Å²) in [6, 6.07) is 8.25. The van der Waals surface area contributed by atoms with Crippen molar-refractivity contribution in [2.75, 3.05) is 0 Å². The first-order valence-electron chi connectivity index (χ1n) is 8.81. The number of ether oxygens (including phenoxy) is 1. The second-order valence-corrected chi connectivity index (χ2v) is 6.52. The van der Waals surface area contributed by atoms with Crippen LogP contribution in [0.3, 0.4) is 0 Å². The fourth-order valence-electron chi connectivity index (χ4n) is 2.55. The molecular formula is C20H18F3N3O3. The van der Waals surface area contributed by atoms with Crippen LogP contribution in [0.2, 0.25) is 0 Å². The van der Waals surface area contributed by atoms with Gasteiger partial charge in [0.1, 0.15) is 29.5 Å². The Morgan fingerprint density at radius 3 is 2.62 bits per heavy atom. The fourth-order valence-corrected chi connectivity index (χ4v) is 2.55. The molecule has 9 heteroatoms. The Morgan fingerprint density at radius 1 is 1.21 bits per heavy atom. The van der Waals surface area contributed by atoms with Crippen LogP contribution < -0.4 is 4.74 Å². The number of hydrogen-bond acceptors (Lipinski definition) is 6. The molecule has 1 atom stereocenters. The van der Waals surface area contributed by atoms with Gasteiger partial charge in [-0.15, -0.1) is 0 Å². The van der Waals surface area contributed by atoms with Crippen LogP contribution in [0.15, 0.2) is 47.2 Å². The summed E-state index contributed by atoms with van der Waals surface area (Å²) in [5, 5.41) is 4.01. The van der Waals surface area contributed by atoms with E-state index >= 15 is 0 Å². The maximum Gasteiger partial charge on any atom is 0.391 e. The van der Waals surface area contributed by atoms with Crippen molar-refractivity contribution in [2.45, 2.75) is 33.1 Å². The monoisotopic (exact) mass is 405 g/mol. The molecule has 0 bridgehead atoms. The number of halogens is 3. The molecule has 0 aliphatic carbocycles. The van der Waals surface area contributed by atoms with Gasteiger partial charge in [0, 0.05) is 12.6 Å². The maximum absolute atomic E-state index is 12.6. The molecule has 3 aromatic rings. The van der Waals surface area contributed by atoms with Crippen molar-refractivity contribution in [1.82, 2.24) is 15.1 Å². The molecule has 3 heterocycles. The van der Waals surface area contributed by atoms with Crippen LogP contribution in [-0.4, -0.2) is 27.1 Å². The van der Waals surface area contributed by atoms with E-state index in [2.05, 4.69) is 15.1 Å². The lowest BCUT2D eigenvalue weighted by molar-refractivity contribution is -0.168. The largest absolute Gasteiger partial charge is 0.487 e. The van der Waals surface area contributed by atoms with E-state index in [1.165, 1.54) is 18.3 Å². The minimum absolute atomic E-state index is 0.0382. The fraction of sp³-hybridized carbons (Fsp3) is 0.300. The van der Waals surface area contributed by atoms with Gasteiger partial charge in [-0.2, -0.15) is 13.2 Å². The van der Waals surface area contributed by atoms with Crippen LogP contribution in [0.5, 0.6) is 5.75 Å². The molecule has 0 radical (unpaired) electrons. The normalized spacial score (nSPS) is 12.6. The van der Waals surface area contributed by atoms with Crippen LogP contribution in [0.4, 0.5) is 13.2 Å². The summed E-state index contributed by atoms with van der Waals surface area (Å²) in [4.78, 5) is 20.1. The van der Waals surface area contributed by atoms with Crippen LogP contribution in [0, 0.1) is 12.8 Å². The van der Waals surface area contributed by atoms with Gasteiger partial charge in [-0.05, 0) is 31.2 Å². The third-order valence-electron chi connectivity index (χ3n) is 4.35. The van der Waals surface area contributed by atoms with Gasteiger partial charge < -0.3 is 9.26 Å². The van der Waals surface area contributed by atoms with Crippen molar-refractivity contribution in [3.8, 4) is 17.1 Å². The van der Waals surface area contributed by atoms with Gasteiger partial charge in [-0.1, -0.05) is 18.1 Å². The molecule has 152 valence electrons. The predicted molar refractivity (Wildman–Crippen MR) is 97.2 cm³/mol. The standard InChI is InChI=1S/C20H18F3N3O3/c1-12(20(21,22)23)9-18(27)16-7-6-14(10-25-16)28-11-15-13(2)29-26-19(15)17-5-3-4-8-24-17/h3-8,10,12H,9,11H2,1-2H3. The summed E-state index contributed by atoms with van der Waals surface area (Å²) in [5.41, 5.74) is 1.87. The number of Topliss-reactive ketones (excluding diaryl/α,β-unsaturated/α-hetero) is 1. The van der Waals surface area contributed by atoms with E-state index in [1.54, 1.807) is 25.3 Å². The van der Waals surface area contributed by atoms with Crippen LogP contribution in [0.25, 0.3) is 11.4 Å². The molecular weight excluding hydrogens is 387 g/mol. The molecule has 3 aromatic heterocycles. The number of aromatic nitrogens is 3. The first-order chi connectivity index (χ1) is 13.8. The summed E-state index contributed by atoms with van der Waals surface area (Å²) >= 11 is 0. The second kappa shape index (κ2) is 8.42. The van der Waals surface area contributed by atoms with Gasteiger partial charge in [-0.3, -0.25) is 9.78 Å². The molecule has 6 nitrogen and oxygen atoms in total. The number of nitrogens with zero attached hydrogens (tertiary/aromatic N) is 3. The lowest BCUT2D eigenvalue weighted by Gasteiger charge is -2.14. The summed E-state index contributed by atoms with van der Waals surface area (Å²) in [5.74, 6) is -1.47. The quantitative estimate of drug-likeness (QED) is 0.526. The zero-order chi connectivity index (χ0) is 21.0. The minimum Gasteiger partial charge on any atom is -0.487 e. The average Bonchev–Trinajstić information content (AvgIpc) is 3.07. The van der Waals surface area contributed by atoms with E-state index in [9.17, 15) is 18.0 Å². The highest BCUT2D eigenvalue weighted by atomic mass is 19.4. The molecule has 0 spiro atoms. The first kappa shape index (κ1) is 20.5. The van der Waals surface area contributed by atoms with Crippen molar-refractivity contribution in [1.29, 1.82) is 0 Å². The van der Waals surface area contributed by atoms with Crippen molar-refractivity contribution >= 4 is 5.78 Å². The lowest BCUT2D eigenvalue weighted by Crippen LogP contribution is -2.23. The smallest absolute Gasteiger partial charge is 0.391 e. The van der Waals surface area contributed by atoms with Crippen LogP contribution >= 0.6 is 0 Å². The molecule has 0 fully saturated rings. The number of aryl methyl sites for hydroxylation is 1. The highest BCUT2D eigenvalue weighted by Crippen LogP contribution is 2.29. The van der Waals surface area contributed by atoms with E-state index in [1.807, 2.05) is 6.07 Å². The molecule has 0 saturated carbocycles. The number of rotatable bonds is 7. The summed E-state index contributed by atoms with van der Waals surface area (Å²) < 4.78 is 48.7. The SMILES string of the molecule is Cc1onc(-c2ccccn2)c1COc1ccc(C(=O)CC(C)C(F)(F)F)nc1. The Bertz CT molecular complexity index is 970. The average molecular weight is 405 g/mol. The highest BCUT2D eigenvalue weighted by Gasteiger charge is 2.37. The Kier molecular flexibility index (Phi) is 5.95. The van der Waals surface area contributed by atoms with Gasteiger partial charge in [0.05, 0.1) is 23.4 Å². The van der Waals surface area contributed by atoms with Crippen molar-refractivity contribution in [3.05, 3.63) is 59.7 Å². The van der Waals surface area contributed by atoms with Crippen molar-refractivity contribution in [3.63, 3.8) is 0 Å². The minimum atomic E-state index is -4.42. The maximum atomic E-state index is 12.6. The van der Waals surface area contributed by atoms with E-state index in [0.29, 0.717) is 28.5 Å². The van der Waals surface area contributed by atoms with E-state index in [4.69, 9.17) is 9.26 Å². The van der Waals surface area contributed by atoms with Gasteiger partial charge in [0.15, 0.2) is 5.78 Å². The molecule has 0 aromatic carbocycles. The second-order valence-electron chi connectivity index (χ2n) is 6.52. The molecule has 1 unspecified atom stereocenters. The number of alkyl halides is 3. The molecule has 0 aliphatic rings. The van der Waals surface area contributed by atoms with Gasteiger partial charge in [0.25, 0.3) is 0 Å². The summed E-state index contributed by atoms with van der Waals surface area (Å²) in [7, 11) is 0. The molecule has 29 heavy (non-hydrogen) atoms. The third-order valence-corrected chi connectivity index (χ3v) is 4.35. The van der Waals surface area contributed by atoms with Gasteiger partial charge >= 0.3 is 6.18 Å². The first-order valence-corrected chi connectivity index (χ1v) is 8.81. The van der Waals surface area contributed by atoms with Gasteiger partial charge in [-0.25, -0.2) is 4.98 Å².